The standard InChI is InChI=1S/C16H11N3O4S/c1-23-16(20)11-6-10(9-17)7-12(8-11)18-15-13-4-2-3-5-14(13)24(21,22)19-15/h2-8H,1H3,(H,18,19). The van der Waals surface area contributed by atoms with Gasteiger partial charge >= 0.3 is 5.97 Å². The van der Waals surface area contributed by atoms with Crippen molar-refractivity contribution in [1.29, 1.82) is 5.26 Å². The van der Waals surface area contributed by atoms with Gasteiger partial charge in [-0.15, -0.1) is 4.40 Å². The fourth-order valence-corrected chi connectivity index (χ4v) is 3.51. The lowest BCUT2D eigenvalue weighted by molar-refractivity contribution is 0.0600. The van der Waals surface area contributed by atoms with E-state index in [0.717, 1.165) is 0 Å². The Kier molecular flexibility index (Phi) is 3.79. The number of anilines is 1. The number of carbonyl (C=O) groups excluding carboxylic acids is 1. The second-order valence-electron chi connectivity index (χ2n) is 4.94. The Morgan fingerprint density at radius 2 is 2.00 bits per heavy atom. The average molecular weight is 341 g/mol. The van der Waals surface area contributed by atoms with Gasteiger partial charge in [-0.3, -0.25) is 0 Å². The Bertz CT molecular complexity index is 1020. The van der Waals surface area contributed by atoms with Crippen LogP contribution in [-0.2, 0) is 14.8 Å². The van der Waals surface area contributed by atoms with Gasteiger partial charge in [-0.1, -0.05) is 12.1 Å². The second kappa shape index (κ2) is 5.79. The molecule has 0 radical (unpaired) electrons. The van der Waals surface area contributed by atoms with E-state index in [1.54, 1.807) is 18.2 Å². The van der Waals surface area contributed by atoms with Crippen LogP contribution in [0.1, 0.15) is 21.5 Å². The third-order valence-electron chi connectivity index (χ3n) is 3.38. The molecule has 24 heavy (non-hydrogen) atoms. The predicted molar refractivity (Wildman–Crippen MR) is 86.3 cm³/mol. The first-order valence-electron chi connectivity index (χ1n) is 6.79. The van der Waals surface area contributed by atoms with Crippen LogP contribution in [0, 0.1) is 11.3 Å². The second-order valence-corrected chi connectivity index (χ2v) is 6.51. The third-order valence-corrected chi connectivity index (χ3v) is 4.71. The van der Waals surface area contributed by atoms with Crippen molar-refractivity contribution in [2.45, 2.75) is 4.90 Å². The molecule has 120 valence electrons. The van der Waals surface area contributed by atoms with Crippen molar-refractivity contribution in [1.82, 2.24) is 0 Å². The molecule has 3 rings (SSSR count). The maximum absolute atomic E-state index is 12.0. The molecule has 1 heterocycles. The molecule has 8 heteroatoms. The van der Waals surface area contributed by atoms with E-state index >= 15 is 0 Å². The molecule has 0 saturated heterocycles. The number of hydrogen-bond acceptors (Lipinski definition) is 6. The van der Waals surface area contributed by atoms with Crippen LogP contribution in [0.2, 0.25) is 0 Å². The summed E-state index contributed by atoms with van der Waals surface area (Å²) in [4.78, 5) is 11.8. The van der Waals surface area contributed by atoms with Crippen LogP contribution in [0.5, 0.6) is 0 Å². The highest BCUT2D eigenvalue weighted by Gasteiger charge is 2.28. The first kappa shape index (κ1) is 15.7. The number of nitrogens with one attached hydrogen (secondary N) is 1. The molecule has 2 aromatic carbocycles. The van der Waals surface area contributed by atoms with E-state index in [-0.39, 0.29) is 21.9 Å². The number of benzene rings is 2. The molecular weight excluding hydrogens is 330 g/mol. The minimum absolute atomic E-state index is 0.108. The molecule has 0 amide bonds. The van der Waals surface area contributed by atoms with E-state index in [0.29, 0.717) is 11.3 Å². The quantitative estimate of drug-likeness (QED) is 0.836. The smallest absolute Gasteiger partial charge is 0.337 e. The van der Waals surface area contributed by atoms with E-state index < -0.39 is 16.0 Å². The molecule has 0 saturated carbocycles. The molecule has 7 nitrogen and oxygen atoms in total. The zero-order valence-corrected chi connectivity index (χ0v) is 13.3. The van der Waals surface area contributed by atoms with Crippen molar-refractivity contribution in [3.8, 4) is 6.07 Å². The number of hydrogen-bond donors (Lipinski definition) is 1. The summed E-state index contributed by atoms with van der Waals surface area (Å²) in [6, 6.07) is 12.7. The molecule has 0 spiro atoms. The van der Waals surface area contributed by atoms with Crippen molar-refractivity contribution in [3.63, 3.8) is 0 Å². The van der Waals surface area contributed by atoms with Gasteiger partial charge in [0.2, 0.25) is 0 Å². The number of ether oxygens (including phenoxy) is 1. The number of carbonyl (C=O) groups is 1. The van der Waals surface area contributed by atoms with Crippen LogP contribution in [0.3, 0.4) is 0 Å². The minimum Gasteiger partial charge on any atom is -0.465 e. The molecule has 1 aliphatic rings. The van der Waals surface area contributed by atoms with Gasteiger partial charge in [0.1, 0.15) is 4.90 Å². The normalized spacial score (nSPS) is 14.2. The van der Waals surface area contributed by atoms with E-state index in [9.17, 15) is 13.2 Å². The number of esters is 1. The summed E-state index contributed by atoms with van der Waals surface area (Å²) < 4.78 is 32.4. The minimum atomic E-state index is -3.75. The van der Waals surface area contributed by atoms with Gasteiger partial charge < -0.3 is 10.1 Å². The Morgan fingerprint density at radius 3 is 2.71 bits per heavy atom. The number of methoxy groups -OCH3 is 1. The van der Waals surface area contributed by atoms with Crippen molar-refractivity contribution >= 4 is 27.5 Å². The van der Waals surface area contributed by atoms with Gasteiger partial charge in [0, 0.05) is 11.3 Å². The van der Waals surface area contributed by atoms with Gasteiger partial charge in [-0.05, 0) is 30.3 Å². The van der Waals surface area contributed by atoms with E-state index in [1.807, 2.05) is 6.07 Å². The number of amidine groups is 1. The number of nitrogens with zero attached hydrogens (tertiary/aromatic N) is 2. The van der Waals surface area contributed by atoms with Crippen molar-refractivity contribution in [2.24, 2.45) is 4.40 Å². The zero-order chi connectivity index (χ0) is 17.3. The van der Waals surface area contributed by atoms with Crippen LogP contribution < -0.4 is 5.32 Å². The summed E-state index contributed by atoms with van der Waals surface area (Å²) in [5.41, 5.74) is 1.20. The van der Waals surface area contributed by atoms with Gasteiger partial charge in [-0.25, -0.2) is 4.79 Å². The monoisotopic (exact) mass is 341 g/mol. The van der Waals surface area contributed by atoms with Crippen molar-refractivity contribution in [3.05, 3.63) is 59.2 Å². The highest BCUT2D eigenvalue weighted by molar-refractivity contribution is 7.90. The number of sulfonamides is 1. The number of rotatable bonds is 2. The summed E-state index contributed by atoms with van der Waals surface area (Å²) in [5, 5.41) is 11.9. The third kappa shape index (κ3) is 2.73. The molecule has 0 aromatic heterocycles. The lowest BCUT2D eigenvalue weighted by Gasteiger charge is -2.08. The maximum Gasteiger partial charge on any atom is 0.337 e. The van der Waals surface area contributed by atoms with Gasteiger partial charge in [0.05, 0.1) is 24.3 Å². The van der Waals surface area contributed by atoms with E-state index in [1.165, 1.54) is 31.4 Å². The first-order chi connectivity index (χ1) is 11.4. The molecule has 0 bridgehead atoms. The predicted octanol–water partition coefficient (Wildman–Crippen LogP) is 1.91. The fourth-order valence-electron chi connectivity index (χ4n) is 2.33. The van der Waals surface area contributed by atoms with Crippen LogP contribution in [-0.4, -0.2) is 27.3 Å². The number of fused-ring (bicyclic) bond motifs is 1. The molecule has 1 N–H and O–H groups in total. The molecule has 0 aliphatic carbocycles. The topological polar surface area (TPSA) is 109 Å². The Hall–Kier alpha value is -3.18. The summed E-state index contributed by atoms with van der Waals surface area (Å²) in [7, 11) is -2.52. The number of nitriles is 1. The van der Waals surface area contributed by atoms with Crippen LogP contribution >= 0.6 is 0 Å². The van der Waals surface area contributed by atoms with Gasteiger partial charge in [-0.2, -0.15) is 13.7 Å². The molecular formula is C16H11N3O4S. The largest absolute Gasteiger partial charge is 0.465 e. The average Bonchev–Trinajstić information content (AvgIpc) is 2.84. The summed E-state index contributed by atoms with van der Waals surface area (Å²) in [5.74, 6) is -0.465. The highest BCUT2D eigenvalue weighted by Crippen LogP contribution is 2.27. The van der Waals surface area contributed by atoms with Gasteiger partial charge in [0.15, 0.2) is 5.84 Å². The van der Waals surface area contributed by atoms with E-state index in [4.69, 9.17) is 5.26 Å². The fraction of sp³-hybridized carbons (Fsp3) is 0.0625. The summed E-state index contributed by atoms with van der Waals surface area (Å²) in [6.07, 6.45) is 0. The highest BCUT2D eigenvalue weighted by atomic mass is 32.2. The Labute approximate surface area is 138 Å². The molecule has 1 aliphatic heterocycles. The van der Waals surface area contributed by atoms with E-state index in [2.05, 4.69) is 14.5 Å². The SMILES string of the molecule is COC(=O)c1cc(C#N)cc(NC2=NS(=O)(=O)c3ccccc32)c1. The molecule has 0 fully saturated rings. The van der Waals surface area contributed by atoms with Crippen LogP contribution in [0.4, 0.5) is 5.69 Å². The lowest BCUT2D eigenvalue weighted by atomic mass is 10.1. The van der Waals surface area contributed by atoms with Crippen LogP contribution in [0.25, 0.3) is 0 Å². The van der Waals surface area contributed by atoms with Crippen LogP contribution in [0.15, 0.2) is 51.8 Å². The zero-order valence-electron chi connectivity index (χ0n) is 12.5. The Morgan fingerprint density at radius 1 is 1.25 bits per heavy atom. The summed E-state index contributed by atoms with van der Waals surface area (Å²) in [6.45, 7) is 0. The maximum atomic E-state index is 12.0. The lowest BCUT2D eigenvalue weighted by Crippen LogP contribution is -2.12. The first-order valence-corrected chi connectivity index (χ1v) is 8.23. The molecule has 2 aromatic rings. The Balaban J connectivity index is 2.04. The molecule has 0 atom stereocenters. The molecule has 0 unspecified atom stereocenters. The van der Waals surface area contributed by atoms with Crippen molar-refractivity contribution in [2.75, 3.05) is 12.4 Å². The van der Waals surface area contributed by atoms with Gasteiger partial charge in [0.25, 0.3) is 10.0 Å². The summed E-state index contributed by atoms with van der Waals surface area (Å²) >= 11 is 0. The van der Waals surface area contributed by atoms with Crippen molar-refractivity contribution < 1.29 is 17.9 Å².